The van der Waals surface area contributed by atoms with Gasteiger partial charge in [0.2, 0.25) is 0 Å². The van der Waals surface area contributed by atoms with Crippen LogP contribution in [0.15, 0.2) is 48.5 Å². The second kappa shape index (κ2) is 6.51. The highest BCUT2D eigenvalue weighted by atomic mass is 35.5. The molecule has 0 saturated carbocycles. The van der Waals surface area contributed by atoms with Crippen molar-refractivity contribution in [3.63, 3.8) is 0 Å². The third-order valence-electron chi connectivity index (χ3n) is 3.93. The Morgan fingerprint density at radius 3 is 2.73 bits per heavy atom. The summed E-state index contributed by atoms with van der Waals surface area (Å²) in [5.41, 5.74) is 3.23. The lowest BCUT2D eigenvalue weighted by Gasteiger charge is -2.29. The van der Waals surface area contributed by atoms with E-state index in [1.54, 1.807) is 11.9 Å². The number of amides is 1. The molecule has 1 heterocycles. The first-order chi connectivity index (χ1) is 10.6. The molecule has 1 aliphatic heterocycles. The average molecular weight is 316 g/mol. The van der Waals surface area contributed by atoms with Crippen molar-refractivity contribution in [2.75, 3.05) is 13.7 Å². The van der Waals surface area contributed by atoms with Gasteiger partial charge in [0.15, 0.2) is 6.10 Å². The first-order valence-corrected chi connectivity index (χ1v) is 7.72. The largest absolute Gasteiger partial charge is 0.363 e. The Balaban J connectivity index is 1.75. The first kappa shape index (κ1) is 15.1. The zero-order chi connectivity index (χ0) is 15.5. The fraction of sp³-hybridized carbons (Fsp3) is 0.278. The number of hydrogen-bond donors (Lipinski definition) is 0. The van der Waals surface area contributed by atoms with Crippen molar-refractivity contribution in [2.45, 2.75) is 19.1 Å². The molecule has 114 valence electrons. The van der Waals surface area contributed by atoms with Gasteiger partial charge in [-0.05, 0) is 35.2 Å². The molecule has 0 aliphatic carbocycles. The van der Waals surface area contributed by atoms with Crippen LogP contribution >= 0.6 is 11.6 Å². The van der Waals surface area contributed by atoms with Crippen molar-refractivity contribution in [2.24, 2.45) is 0 Å². The normalized spacial score (nSPS) is 16.9. The van der Waals surface area contributed by atoms with Crippen LogP contribution in [0.25, 0.3) is 0 Å². The van der Waals surface area contributed by atoms with Crippen molar-refractivity contribution in [3.8, 4) is 0 Å². The quantitative estimate of drug-likeness (QED) is 0.866. The van der Waals surface area contributed by atoms with Crippen LogP contribution in [0.3, 0.4) is 0 Å². The highest BCUT2D eigenvalue weighted by Gasteiger charge is 2.29. The Kier molecular flexibility index (Phi) is 4.46. The van der Waals surface area contributed by atoms with E-state index >= 15 is 0 Å². The molecule has 22 heavy (non-hydrogen) atoms. The van der Waals surface area contributed by atoms with Crippen molar-refractivity contribution in [1.29, 1.82) is 0 Å². The molecule has 4 heteroatoms. The van der Waals surface area contributed by atoms with Gasteiger partial charge in [-0.25, -0.2) is 0 Å². The fourth-order valence-electron chi connectivity index (χ4n) is 2.74. The Bertz CT molecular complexity index is 669. The van der Waals surface area contributed by atoms with Crippen molar-refractivity contribution in [1.82, 2.24) is 4.90 Å². The number of likely N-dealkylation sites (N-methyl/N-ethyl adjacent to an activating group) is 1. The van der Waals surface area contributed by atoms with Crippen molar-refractivity contribution < 1.29 is 9.53 Å². The number of hydrogen-bond acceptors (Lipinski definition) is 2. The van der Waals surface area contributed by atoms with Gasteiger partial charge in [0.1, 0.15) is 0 Å². The predicted molar refractivity (Wildman–Crippen MR) is 86.8 cm³/mol. The molecule has 1 amide bonds. The van der Waals surface area contributed by atoms with Gasteiger partial charge in [0, 0.05) is 18.6 Å². The maximum absolute atomic E-state index is 12.7. The number of carbonyl (C=O) groups is 1. The molecule has 0 N–H and O–H groups in total. The van der Waals surface area contributed by atoms with Gasteiger partial charge in [-0.1, -0.05) is 48.0 Å². The molecule has 3 nitrogen and oxygen atoms in total. The molecule has 0 spiro atoms. The molecular weight excluding hydrogens is 298 g/mol. The summed E-state index contributed by atoms with van der Waals surface area (Å²) in [4.78, 5) is 14.4. The molecule has 0 fully saturated rings. The zero-order valence-electron chi connectivity index (χ0n) is 12.5. The number of ether oxygens (including phenoxy) is 1. The number of fused-ring (bicyclic) bond motifs is 1. The van der Waals surface area contributed by atoms with Crippen molar-refractivity contribution in [3.05, 3.63) is 70.2 Å². The number of halogens is 1. The summed E-state index contributed by atoms with van der Waals surface area (Å²) < 4.78 is 5.73. The maximum Gasteiger partial charge on any atom is 0.256 e. The summed E-state index contributed by atoms with van der Waals surface area (Å²) in [6.45, 7) is 1.13. The predicted octanol–water partition coefficient (Wildman–Crippen LogP) is 3.61. The van der Waals surface area contributed by atoms with E-state index in [1.165, 1.54) is 5.56 Å². The smallest absolute Gasteiger partial charge is 0.256 e. The van der Waals surface area contributed by atoms with E-state index in [-0.39, 0.29) is 5.91 Å². The van der Waals surface area contributed by atoms with Crippen LogP contribution in [-0.4, -0.2) is 24.5 Å². The molecule has 2 aromatic rings. The maximum atomic E-state index is 12.7. The van der Waals surface area contributed by atoms with E-state index in [0.29, 0.717) is 18.2 Å². The lowest BCUT2D eigenvalue weighted by atomic mass is 9.97. The van der Waals surface area contributed by atoms with Gasteiger partial charge >= 0.3 is 0 Å². The highest BCUT2D eigenvalue weighted by Crippen LogP contribution is 2.28. The summed E-state index contributed by atoms with van der Waals surface area (Å²) in [6, 6.07) is 15.5. The second-order valence-electron chi connectivity index (χ2n) is 5.52. The summed E-state index contributed by atoms with van der Waals surface area (Å²) in [6.07, 6.45) is 0.364. The Morgan fingerprint density at radius 1 is 1.23 bits per heavy atom. The van der Waals surface area contributed by atoms with Crippen molar-refractivity contribution >= 4 is 17.5 Å². The van der Waals surface area contributed by atoms with Crippen LogP contribution in [0.5, 0.6) is 0 Å². The minimum Gasteiger partial charge on any atom is -0.363 e. The Hall–Kier alpha value is -1.84. The van der Waals surface area contributed by atoms with Crippen LogP contribution in [-0.2, 0) is 22.5 Å². The second-order valence-corrected chi connectivity index (χ2v) is 5.96. The molecule has 1 unspecified atom stereocenters. The Morgan fingerprint density at radius 2 is 1.95 bits per heavy atom. The molecule has 3 rings (SSSR count). The summed E-state index contributed by atoms with van der Waals surface area (Å²) in [5, 5.41) is 0.697. The van der Waals surface area contributed by atoms with Crippen LogP contribution in [0, 0.1) is 0 Å². The summed E-state index contributed by atoms with van der Waals surface area (Å²) >= 11 is 5.89. The molecule has 1 atom stereocenters. The van der Waals surface area contributed by atoms with E-state index in [9.17, 15) is 4.79 Å². The van der Waals surface area contributed by atoms with Crippen LogP contribution < -0.4 is 0 Å². The van der Waals surface area contributed by atoms with Gasteiger partial charge in [0.05, 0.1) is 6.61 Å². The van der Waals surface area contributed by atoms with E-state index in [2.05, 4.69) is 6.07 Å². The lowest BCUT2D eigenvalue weighted by Crippen LogP contribution is -2.35. The number of carbonyl (C=O) groups excluding carboxylic acids is 1. The monoisotopic (exact) mass is 315 g/mol. The first-order valence-electron chi connectivity index (χ1n) is 7.34. The molecular formula is C18H18ClNO2. The Labute approximate surface area is 135 Å². The summed E-state index contributed by atoms with van der Waals surface area (Å²) in [5.74, 6) is -0.0119. The molecule has 0 saturated heterocycles. The molecule has 2 aromatic carbocycles. The number of benzene rings is 2. The third-order valence-corrected chi connectivity index (χ3v) is 4.18. The number of rotatable bonds is 3. The minimum atomic E-state index is -0.498. The lowest BCUT2D eigenvalue weighted by molar-refractivity contribution is -0.144. The van der Waals surface area contributed by atoms with E-state index in [4.69, 9.17) is 16.3 Å². The number of nitrogens with zero attached hydrogens (tertiary/aromatic N) is 1. The standard InChI is InChI=1S/C18H18ClNO2/c1-20(12-13-6-8-15(19)9-7-13)18(21)17-16-5-3-2-4-14(16)10-11-22-17/h2-9,17H,10-12H2,1H3. The third kappa shape index (κ3) is 3.16. The van der Waals surface area contributed by atoms with Crippen LogP contribution in [0.4, 0.5) is 0 Å². The molecule has 0 radical (unpaired) electrons. The van der Waals surface area contributed by atoms with Crippen LogP contribution in [0.1, 0.15) is 22.8 Å². The van der Waals surface area contributed by atoms with E-state index < -0.39 is 6.10 Å². The minimum absolute atomic E-state index is 0.0119. The van der Waals surface area contributed by atoms with Gasteiger partial charge in [-0.15, -0.1) is 0 Å². The summed E-state index contributed by atoms with van der Waals surface area (Å²) in [7, 11) is 1.80. The van der Waals surface area contributed by atoms with Gasteiger partial charge in [0.25, 0.3) is 5.91 Å². The van der Waals surface area contributed by atoms with Crippen LogP contribution in [0.2, 0.25) is 5.02 Å². The van der Waals surface area contributed by atoms with Gasteiger partial charge in [-0.3, -0.25) is 4.79 Å². The van der Waals surface area contributed by atoms with Gasteiger partial charge in [-0.2, -0.15) is 0 Å². The zero-order valence-corrected chi connectivity index (χ0v) is 13.2. The van der Waals surface area contributed by atoms with Gasteiger partial charge < -0.3 is 9.64 Å². The average Bonchev–Trinajstić information content (AvgIpc) is 2.55. The highest BCUT2D eigenvalue weighted by molar-refractivity contribution is 6.30. The SMILES string of the molecule is CN(Cc1ccc(Cl)cc1)C(=O)C1OCCc2ccccc21. The fourth-order valence-corrected chi connectivity index (χ4v) is 2.87. The molecule has 0 aromatic heterocycles. The van der Waals surface area contributed by atoms with E-state index in [1.807, 2.05) is 42.5 Å². The molecule has 1 aliphatic rings. The topological polar surface area (TPSA) is 29.5 Å². The molecule has 0 bridgehead atoms. The van der Waals surface area contributed by atoms with E-state index in [0.717, 1.165) is 17.5 Å².